The van der Waals surface area contributed by atoms with Crippen molar-refractivity contribution >= 4 is 22.8 Å². The fourth-order valence-electron chi connectivity index (χ4n) is 2.75. The smallest absolute Gasteiger partial charge is 0.375 e. The lowest BCUT2D eigenvalue weighted by molar-refractivity contribution is -0.129. The van der Waals surface area contributed by atoms with Crippen molar-refractivity contribution in [1.82, 2.24) is 5.32 Å². The van der Waals surface area contributed by atoms with Crippen LogP contribution in [0.15, 0.2) is 59.0 Å². The Morgan fingerprint density at radius 3 is 2.52 bits per heavy atom. The maximum Gasteiger partial charge on any atom is 0.375 e. The predicted molar refractivity (Wildman–Crippen MR) is 100 cm³/mol. The SMILES string of the molecule is COCc1c(C(=O)OC(C)C(=O)NCc2ccccc2)oc2ccccc12. The van der Waals surface area contributed by atoms with Gasteiger partial charge in [-0.25, -0.2) is 4.79 Å². The molecular formula is C21H21NO5. The molecule has 0 radical (unpaired) electrons. The summed E-state index contributed by atoms with van der Waals surface area (Å²) in [5, 5.41) is 3.54. The minimum absolute atomic E-state index is 0.0563. The van der Waals surface area contributed by atoms with Crippen LogP contribution in [0.4, 0.5) is 0 Å². The van der Waals surface area contributed by atoms with Gasteiger partial charge in [-0.15, -0.1) is 0 Å². The Hall–Kier alpha value is -3.12. The predicted octanol–water partition coefficient (Wildman–Crippen LogP) is 3.44. The number of carbonyl (C=O) groups excluding carboxylic acids is 2. The van der Waals surface area contributed by atoms with Gasteiger partial charge < -0.3 is 19.2 Å². The molecule has 1 heterocycles. The fourth-order valence-corrected chi connectivity index (χ4v) is 2.75. The van der Waals surface area contributed by atoms with Crippen LogP contribution in [0.3, 0.4) is 0 Å². The monoisotopic (exact) mass is 367 g/mol. The summed E-state index contributed by atoms with van der Waals surface area (Å²) in [4.78, 5) is 24.8. The van der Waals surface area contributed by atoms with E-state index in [9.17, 15) is 9.59 Å². The van der Waals surface area contributed by atoms with E-state index in [1.807, 2.05) is 48.5 Å². The van der Waals surface area contributed by atoms with Crippen LogP contribution in [0, 0.1) is 0 Å². The van der Waals surface area contributed by atoms with Crippen molar-refractivity contribution in [3.8, 4) is 0 Å². The first-order valence-corrected chi connectivity index (χ1v) is 8.62. The van der Waals surface area contributed by atoms with Crippen molar-refractivity contribution in [3.05, 3.63) is 71.5 Å². The van der Waals surface area contributed by atoms with E-state index in [0.29, 0.717) is 17.7 Å². The maximum atomic E-state index is 12.5. The number of hydrogen-bond acceptors (Lipinski definition) is 5. The van der Waals surface area contributed by atoms with Crippen molar-refractivity contribution in [1.29, 1.82) is 0 Å². The zero-order valence-electron chi connectivity index (χ0n) is 15.2. The summed E-state index contributed by atoms with van der Waals surface area (Å²) >= 11 is 0. The molecule has 0 saturated heterocycles. The average molecular weight is 367 g/mol. The number of benzene rings is 2. The largest absolute Gasteiger partial charge is 0.449 e. The lowest BCUT2D eigenvalue weighted by atomic mass is 10.1. The van der Waals surface area contributed by atoms with E-state index in [1.54, 1.807) is 6.07 Å². The number of nitrogens with one attached hydrogen (secondary N) is 1. The number of fused-ring (bicyclic) bond motifs is 1. The van der Waals surface area contributed by atoms with Crippen LogP contribution in [-0.2, 0) is 27.4 Å². The zero-order valence-corrected chi connectivity index (χ0v) is 15.2. The first-order valence-electron chi connectivity index (χ1n) is 8.62. The Kier molecular flexibility index (Phi) is 5.88. The summed E-state index contributed by atoms with van der Waals surface area (Å²) in [5.41, 5.74) is 2.14. The van der Waals surface area contributed by atoms with Gasteiger partial charge >= 0.3 is 5.97 Å². The molecule has 3 rings (SSSR count). The lowest BCUT2D eigenvalue weighted by Gasteiger charge is -2.13. The zero-order chi connectivity index (χ0) is 19.2. The highest BCUT2D eigenvalue weighted by molar-refractivity contribution is 5.97. The molecular weight excluding hydrogens is 346 g/mol. The van der Waals surface area contributed by atoms with E-state index in [-0.39, 0.29) is 18.3 Å². The van der Waals surface area contributed by atoms with E-state index in [2.05, 4.69) is 5.32 Å². The Morgan fingerprint density at radius 2 is 1.78 bits per heavy atom. The normalized spacial score (nSPS) is 11.9. The third-order valence-corrected chi connectivity index (χ3v) is 4.13. The van der Waals surface area contributed by atoms with Crippen LogP contribution in [0.2, 0.25) is 0 Å². The second-order valence-corrected chi connectivity index (χ2v) is 6.09. The molecule has 6 heteroatoms. The van der Waals surface area contributed by atoms with Crippen LogP contribution >= 0.6 is 0 Å². The van der Waals surface area contributed by atoms with E-state index < -0.39 is 12.1 Å². The molecule has 0 fully saturated rings. The molecule has 0 aliphatic carbocycles. The number of para-hydroxylation sites is 1. The van der Waals surface area contributed by atoms with Crippen molar-refractivity contribution in [2.75, 3.05) is 7.11 Å². The van der Waals surface area contributed by atoms with Crippen LogP contribution in [0.25, 0.3) is 11.0 Å². The number of amides is 1. The molecule has 1 amide bonds. The molecule has 3 aromatic rings. The molecule has 0 bridgehead atoms. The molecule has 1 N–H and O–H groups in total. The Bertz CT molecular complexity index is 932. The molecule has 27 heavy (non-hydrogen) atoms. The van der Waals surface area contributed by atoms with Crippen LogP contribution in [-0.4, -0.2) is 25.1 Å². The van der Waals surface area contributed by atoms with Crippen molar-refractivity contribution in [2.45, 2.75) is 26.2 Å². The molecule has 1 unspecified atom stereocenters. The summed E-state index contributed by atoms with van der Waals surface area (Å²) in [6.07, 6.45) is -0.954. The maximum absolute atomic E-state index is 12.5. The summed E-state index contributed by atoms with van der Waals surface area (Å²) in [7, 11) is 1.54. The molecule has 0 aliphatic heterocycles. The van der Waals surface area contributed by atoms with Gasteiger partial charge in [0, 0.05) is 24.6 Å². The Morgan fingerprint density at radius 1 is 1.07 bits per heavy atom. The highest BCUT2D eigenvalue weighted by Crippen LogP contribution is 2.27. The molecule has 1 aromatic heterocycles. The van der Waals surface area contributed by atoms with Crippen molar-refractivity contribution < 1.29 is 23.5 Å². The first-order chi connectivity index (χ1) is 13.1. The molecule has 140 valence electrons. The van der Waals surface area contributed by atoms with Gasteiger partial charge in [0.15, 0.2) is 6.10 Å². The van der Waals surface area contributed by atoms with Crippen molar-refractivity contribution in [2.24, 2.45) is 0 Å². The Balaban J connectivity index is 1.68. The van der Waals surface area contributed by atoms with E-state index >= 15 is 0 Å². The number of ether oxygens (including phenoxy) is 2. The second kappa shape index (κ2) is 8.51. The summed E-state index contributed by atoms with van der Waals surface area (Å²) < 4.78 is 16.1. The number of rotatable bonds is 7. The van der Waals surface area contributed by atoms with Gasteiger partial charge in [0.25, 0.3) is 5.91 Å². The van der Waals surface area contributed by atoms with E-state index in [4.69, 9.17) is 13.9 Å². The van der Waals surface area contributed by atoms with Gasteiger partial charge in [-0.05, 0) is 18.6 Å². The molecule has 0 aliphatic rings. The van der Waals surface area contributed by atoms with Gasteiger partial charge in [-0.3, -0.25) is 4.79 Å². The van der Waals surface area contributed by atoms with Gasteiger partial charge in [0.2, 0.25) is 5.76 Å². The van der Waals surface area contributed by atoms with E-state index in [1.165, 1.54) is 14.0 Å². The summed E-state index contributed by atoms with van der Waals surface area (Å²) in [6, 6.07) is 16.8. The first kappa shape index (κ1) is 18.7. The third kappa shape index (κ3) is 4.35. The lowest BCUT2D eigenvalue weighted by Crippen LogP contribution is -2.35. The van der Waals surface area contributed by atoms with Crippen molar-refractivity contribution in [3.63, 3.8) is 0 Å². The minimum Gasteiger partial charge on any atom is -0.449 e. The molecule has 1 atom stereocenters. The number of carbonyl (C=O) groups is 2. The topological polar surface area (TPSA) is 77.8 Å². The third-order valence-electron chi connectivity index (χ3n) is 4.13. The number of methoxy groups -OCH3 is 1. The van der Waals surface area contributed by atoms with Gasteiger partial charge in [-0.2, -0.15) is 0 Å². The highest BCUT2D eigenvalue weighted by Gasteiger charge is 2.25. The molecule has 0 spiro atoms. The summed E-state index contributed by atoms with van der Waals surface area (Å²) in [5.74, 6) is -1.02. The quantitative estimate of drug-likeness (QED) is 0.647. The number of hydrogen-bond donors (Lipinski definition) is 1. The van der Waals surface area contributed by atoms with Gasteiger partial charge in [0.05, 0.1) is 6.61 Å². The number of esters is 1. The molecule has 6 nitrogen and oxygen atoms in total. The van der Waals surface area contributed by atoms with Crippen LogP contribution < -0.4 is 5.32 Å². The standard InChI is InChI=1S/C21H21NO5/c1-14(20(23)22-12-15-8-4-3-5-9-15)26-21(24)19-17(13-25-2)16-10-6-7-11-18(16)27-19/h3-11,14H,12-13H2,1-2H3,(H,22,23). The van der Waals surface area contributed by atoms with Crippen LogP contribution in [0.1, 0.15) is 28.6 Å². The minimum atomic E-state index is -0.954. The fraction of sp³-hybridized carbons (Fsp3) is 0.238. The molecule has 0 saturated carbocycles. The highest BCUT2D eigenvalue weighted by atomic mass is 16.6. The van der Waals surface area contributed by atoms with E-state index in [0.717, 1.165) is 10.9 Å². The molecule has 2 aromatic carbocycles. The van der Waals surface area contributed by atoms with Crippen LogP contribution in [0.5, 0.6) is 0 Å². The van der Waals surface area contributed by atoms with Gasteiger partial charge in [-0.1, -0.05) is 48.5 Å². The summed E-state index contributed by atoms with van der Waals surface area (Å²) in [6.45, 7) is 2.09. The Labute approximate surface area is 157 Å². The average Bonchev–Trinajstić information content (AvgIpc) is 3.06. The van der Waals surface area contributed by atoms with Gasteiger partial charge in [0.1, 0.15) is 5.58 Å². The second-order valence-electron chi connectivity index (χ2n) is 6.09. The number of furan rings is 1.